The van der Waals surface area contributed by atoms with Gasteiger partial charge < -0.3 is 15.2 Å². The Morgan fingerprint density at radius 3 is 2.73 bits per heavy atom. The van der Waals surface area contributed by atoms with Crippen molar-refractivity contribution < 1.29 is 14.6 Å². The number of hydrogen-bond donors (Lipinski definition) is 2. The van der Waals surface area contributed by atoms with Gasteiger partial charge in [0.05, 0.1) is 0 Å². The van der Waals surface area contributed by atoms with Crippen LogP contribution in [-0.2, 0) is 4.74 Å². The molecule has 0 aliphatic heterocycles. The van der Waals surface area contributed by atoms with E-state index in [1.807, 2.05) is 24.3 Å². The number of benzene rings is 1. The molecule has 0 aromatic heterocycles. The molecule has 4 heteroatoms. The second kappa shape index (κ2) is 7.99. The summed E-state index contributed by atoms with van der Waals surface area (Å²) in [6.45, 7) is 5.44. The van der Waals surface area contributed by atoms with Crippen LogP contribution < -0.4 is 5.32 Å². The Bertz CT molecular complexity index is 509. The van der Waals surface area contributed by atoms with Crippen LogP contribution in [0.15, 0.2) is 30.8 Å². The molecule has 2 rings (SSSR count). The Kier molecular flexibility index (Phi) is 6.01. The van der Waals surface area contributed by atoms with E-state index in [1.54, 1.807) is 13.0 Å². The molecule has 1 saturated carbocycles. The van der Waals surface area contributed by atoms with E-state index in [0.717, 1.165) is 36.8 Å². The topological polar surface area (TPSA) is 58.6 Å². The van der Waals surface area contributed by atoms with Gasteiger partial charge in [-0.15, -0.1) is 0 Å². The Labute approximate surface area is 132 Å². The molecule has 1 aromatic rings. The Balaban J connectivity index is 1.91. The number of aliphatic hydroxyl groups excluding tert-OH is 1. The van der Waals surface area contributed by atoms with Crippen molar-refractivity contribution in [1.82, 2.24) is 5.32 Å². The summed E-state index contributed by atoms with van der Waals surface area (Å²) in [5.41, 5.74) is 1.56. The van der Waals surface area contributed by atoms with Crippen molar-refractivity contribution in [3.05, 3.63) is 42.0 Å². The molecular formula is C18H25NO3. The fourth-order valence-corrected chi connectivity index (χ4v) is 2.90. The van der Waals surface area contributed by atoms with Gasteiger partial charge in [0, 0.05) is 6.04 Å². The third kappa shape index (κ3) is 4.34. The molecule has 1 amide bonds. The molecule has 0 spiro atoms. The predicted octanol–water partition coefficient (Wildman–Crippen LogP) is 3.81. The zero-order valence-electron chi connectivity index (χ0n) is 13.1. The number of alkyl carbamates (subject to hydrolysis) is 1. The zero-order valence-corrected chi connectivity index (χ0v) is 13.1. The second-order valence-electron chi connectivity index (χ2n) is 5.87. The van der Waals surface area contributed by atoms with Crippen molar-refractivity contribution in [2.24, 2.45) is 0 Å². The Hall–Kier alpha value is -1.81. The number of ether oxygens (including phenoxy) is 1. The average Bonchev–Trinajstić information content (AvgIpc) is 2.54. The van der Waals surface area contributed by atoms with E-state index >= 15 is 0 Å². The van der Waals surface area contributed by atoms with E-state index in [0.29, 0.717) is 0 Å². The summed E-state index contributed by atoms with van der Waals surface area (Å²) in [5.74, 6) is 0. The van der Waals surface area contributed by atoms with Gasteiger partial charge >= 0.3 is 6.09 Å². The third-order valence-electron chi connectivity index (χ3n) is 4.20. The predicted molar refractivity (Wildman–Crippen MR) is 87.4 cm³/mol. The molecule has 2 atom stereocenters. The van der Waals surface area contributed by atoms with Crippen LogP contribution in [0.1, 0.15) is 56.3 Å². The van der Waals surface area contributed by atoms with Crippen LogP contribution >= 0.6 is 0 Å². The minimum atomic E-state index is -0.869. The largest absolute Gasteiger partial charge is 0.443 e. The summed E-state index contributed by atoms with van der Waals surface area (Å²) < 4.78 is 5.33. The van der Waals surface area contributed by atoms with Gasteiger partial charge in [-0.25, -0.2) is 4.79 Å². The van der Waals surface area contributed by atoms with Gasteiger partial charge in [0.1, 0.15) is 12.2 Å². The summed E-state index contributed by atoms with van der Waals surface area (Å²) in [6.07, 6.45) is 5.29. The van der Waals surface area contributed by atoms with E-state index in [-0.39, 0.29) is 6.04 Å². The molecule has 0 saturated heterocycles. The summed E-state index contributed by atoms with van der Waals surface area (Å²) in [5, 5.41) is 13.3. The molecule has 1 aliphatic carbocycles. The van der Waals surface area contributed by atoms with Crippen LogP contribution in [0.5, 0.6) is 0 Å². The molecule has 0 radical (unpaired) electrons. The maximum absolute atomic E-state index is 11.9. The van der Waals surface area contributed by atoms with Crippen molar-refractivity contribution in [3.63, 3.8) is 0 Å². The normalized spacial score (nSPS) is 18.3. The minimum Gasteiger partial charge on any atom is -0.443 e. The lowest BCUT2D eigenvalue weighted by atomic mass is 9.96. The lowest BCUT2D eigenvalue weighted by Crippen LogP contribution is -2.39. The fraction of sp³-hybridized carbons (Fsp3) is 0.500. The van der Waals surface area contributed by atoms with Crippen molar-refractivity contribution >= 4 is 12.2 Å². The number of amides is 1. The maximum Gasteiger partial charge on any atom is 0.407 e. The smallest absolute Gasteiger partial charge is 0.407 e. The number of nitrogens with one attached hydrogen (secondary N) is 1. The first-order chi connectivity index (χ1) is 10.6. The molecule has 120 valence electrons. The van der Waals surface area contributed by atoms with Gasteiger partial charge in [0.25, 0.3) is 0 Å². The third-order valence-corrected chi connectivity index (χ3v) is 4.20. The van der Waals surface area contributed by atoms with E-state index in [1.165, 1.54) is 6.42 Å². The quantitative estimate of drug-likeness (QED) is 0.869. The minimum absolute atomic E-state index is 0.200. The lowest BCUT2D eigenvalue weighted by molar-refractivity contribution is 0.0102. The van der Waals surface area contributed by atoms with Crippen LogP contribution in [0.4, 0.5) is 4.79 Å². The average molecular weight is 303 g/mol. The summed E-state index contributed by atoms with van der Waals surface area (Å²) in [4.78, 5) is 11.9. The molecule has 1 aromatic carbocycles. The van der Waals surface area contributed by atoms with Gasteiger partial charge in [0.2, 0.25) is 0 Å². The molecule has 1 fully saturated rings. The molecule has 1 aliphatic rings. The highest BCUT2D eigenvalue weighted by Gasteiger charge is 2.23. The maximum atomic E-state index is 11.9. The van der Waals surface area contributed by atoms with Crippen molar-refractivity contribution in [1.29, 1.82) is 0 Å². The summed E-state index contributed by atoms with van der Waals surface area (Å²) in [7, 11) is 0. The Morgan fingerprint density at radius 1 is 1.36 bits per heavy atom. The zero-order chi connectivity index (χ0) is 15.9. The monoisotopic (exact) mass is 303 g/mol. The van der Waals surface area contributed by atoms with Gasteiger partial charge in [-0.3, -0.25) is 0 Å². The highest BCUT2D eigenvalue weighted by molar-refractivity contribution is 5.68. The van der Waals surface area contributed by atoms with Gasteiger partial charge in [-0.05, 0) is 30.9 Å². The van der Waals surface area contributed by atoms with Crippen LogP contribution in [0.2, 0.25) is 0 Å². The van der Waals surface area contributed by atoms with Crippen LogP contribution in [0.3, 0.4) is 0 Å². The van der Waals surface area contributed by atoms with E-state index in [4.69, 9.17) is 4.74 Å². The first-order valence-corrected chi connectivity index (χ1v) is 7.98. The van der Waals surface area contributed by atoms with Gasteiger partial charge in [0.15, 0.2) is 0 Å². The summed E-state index contributed by atoms with van der Waals surface area (Å²) >= 11 is 0. The van der Waals surface area contributed by atoms with Gasteiger partial charge in [-0.2, -0.15) is 0 Å². The fourth-order valence-electron chi connectivity index (χ4n) is 2.90. The van der Waals surface area contributed by atoms with Gasteiger partial charge in [-0.1, -0.05) is 56.2 Å². The number of carbonyl (C=O) groups is 1. The number of carbonyl (C=O) groups excluding carboxylic acids is 1. The first kappa shape index (κ1) is 16.6. The molecule has 4 nitrogen and oxygen atoms in total. The molecule has 2 N–H and O–H groups in total. The molecule has 0 heterocycles. The van der Waals surface area contributed by atoms with E-state index in [9.17, 15) is 9.90 Å². The Morgan fingerprint density at radius 2 is 2.05 bits per heavy atom. The number of aliphatic hydroxyl groups is 1. The van der Waals surface area contributed by atoms with Crippen molar-refractivity contribution in [3.8, 4) is 0 Å². The van der Waals surface area contributed by atoms with Crippen LogP contribution in [0.25, 0.3) is 6.08 Å². The second-order valence-corrected chi connectivity index (χ2v) is 5.87. The molecular weight excluding hydrogens is 278 g/mol. The lowest BCUT2D eigenvalue weighted by Gasteiger charge is -2.25. The molecule has 22 heavy (non-hydrogen) atoms. The van der Waals surface area contributed by atoms with E-state index < -0.39 is 18.3 Å². The van der Waals surface area contributed by atoms with Crippen molar-refractivity contribution in [2.45, 2.75) is 57.3 Å². The van der Waals surface area contributed by atoms with E-state index in [2.05, 4.69) is 11.9 Å². The number of rotatable bonds is 5. The molecule has 0 unspecified atom stereocenters. The standard InChI is InChI=1S/C18H25NO3/c1-3-14-9-7-8-12-16(14)17(20)13(2)22-18(21)19-15-10-5-4-6-11-15/h3,7-9,12-13,15,17,20H,1,4-6,10-11H2,2H3,(H,19,21)/t13-,17+/m1/s1. The number of hydrogen-bond acceptors (Lipinski definition) is 3. The SMILES string of the molecule is C=Cc1ccccc1[C@@H](O)[C@@H](C)OC(=O)NC1CCCCC1. The highest BCUT2D eigenvalue weighted by atomic mass is 16.6. The molecule has 0 bridgehead atoms. The first-order valence-electron chi connectivity index (χ1n) is 7.98. The van der Waals surface area contributed by atoms with Crippen LogP contribution in [-0.4, -0.2) is 23.3 Å². The highest BCUT2D eigenvalue weighted by Crippen LogP contribution is 2.24. The van der Waals surface area contributed by atoms with Crippen LogP contribution in [0, 0.1) is 0 Å². The summed E-state index contributed by atoms with van der Waals surface area (Å²) in [6, 6.07) is 7.63. The van der Waals surface area contributed by atoms with Crippen molar-refractivity contribution in [2.75, 3.05) is 0 Å².